The van der Waals surface area contributed by atoms with E-state index in [1.807, 2.05) is 30.3 Å². The van der Waals surface area contributed by atoms with Gasteiger partial charge >= 0.3 is 6.03 Å². The molecule has 132 valence electrons. The third-order valence-corrected chi connectivity index (χ3v) is 3.44. The molecule has 7 heteroatoms. The van der Waals surface area contributed by atoms with Crippen LogP contribution in [0.15, 0.2) is 54.6 Å². The molecular weight excluding hydrogens is 322 g/mol. The second-order valence-electron chi connectivity index (χ2n) is 5.41. The van der Waals surface area contributed by atoms with Crippen LogP contribution in [0.2, 0.25) is 0 Å². The average molecular weight is 343 g/mol. The van der Waals surface area contributed by atoms with E-state index in [9.17, 15) is 14.9 Å². The van der Waals surface area contributed by atoms with Crippen molar-refractivity contribution < 1.29 is 14.5 Å². The number of non-ortho nitro benzene ring substituents is 1. The third-order valence-electron chi connectivity index (χ3n) is 3.44. The molecule has 25 heavy (non-hydrogen) atoms. The molecule has 0 aliphatic rings. The van der Waals surface area contributed by atoms with E-state index in [-0.39, 0.29) is 11.7 Å². The normalized spacial score (nSPS) is 10.1. The summed E-state index contributed by atoms with van der Waals surface area (Å²) in [6, 6.07) is 15.2. The fraction of sp³-hybridized carbons (Fsp3) is 0.278. The van der Waals surface area contributed by atoms with Crippen molar-refractivity contribution >= 4 is 17.4 Å². The number of para-hydroxylation sites is 1. The number of nitro benzene ring substituents is 1. The van der Waals surface area contributed by atoms with E-state index in [0.29, 0.717) is 18.9 Å². The van der Waals surface area contributed by atoms with Crippen LogP contribution in [-0.2, 0) is 0 Å². The predicted octanol–water partition coefficient (Wildman–Crippen LogP) is 3.97. The van der Waals surface area contributed by atoms with Gasteiger partial charge in [0.1, 0.15) is 5.75 Å². The maximum Gasteiger partial charge on any atom is 0.319 e. The first-order valence-electron chi connectivity index (χ1n) is 8.12. The van der Waals surface area contributed by atoms with Crippen molar-refractivity contribution in [2.45, 2.75) is 19.3 Å². The number of hydrogen-bond acceptors (Lipinski definition) is 4. The first-order chi connectivity index (χ1) is 12.1. The number of carbonyl (C=O) groups excluding carboxylic acids is 1. The number of unbranched alkanes of at least 4 members (excludes halogenated alkanes) is 2. The quantitative estimate of drug-likeness (QED) is 0.409. The standard InChI is InChI=1S/C18H21N3O4/c22-18(20-15-8-3-1-4-9-15)19-12-5-2-6-13-25-17-11-7-10-16(14-17)21(23)24/h1,3-4,7-11,14H,2,5-6,12-13H2,(H2,19,20,22). The molecule has 0 radical (unpaired) electrons. The molecule has 0 heterocycles. The van der Waals surface area contributed by atoms with Gasteiger partial charge in [0, 0.05) is 18.3 Å². The Morgan fingerprint density at radius 3 is 2.60 bits per heavy atom. The number of ether oxygens (including phenoxy) is 1. The zero-order chi connectivity index (χ0) is 17.9. The number of nitro groups is 1. The van der Waals surface area contributed by atoms with Gasteiger partial charge in [-0.3, -0.25) is 10.1 Å². The molecule has 2 aromatic carbocycles. The van der Waals surface area contributed by atoms with Crippen LogP contribution in [0.5, 0.6) is 5.75 Å². The molecule has 2 aromatic rings. The lowest BCUT2D eigenvalue weighted by molar-refractivity contribution is -0.384. The average Bonchev–Trinajstić information content (AvgIpc) is 2.62. The smallest absolute Gasteiger partial charge is 0.319 e. The van der Waals surface area contributed by atoms with Crippen LogP contribution in [0.1, 0.15) is 19.3 Å². The summed E-state index contributed by atoms with van der Waals surface area (Å²) >= 11 is 0. The SMILES string of the molecule is O=C(NCCCCCOc1cccc([N+](=O)[O-])c1)Nc1ccccc1. The fourth-order valence-corrected chi connectivity index (χ4v) is 2.18. The maximum atomic E-state index is 11.7. The minimum absolute atomic E-state index is 0.0196. The first-order valence-corrected chi connectivity index (χ1v) is 8.12. The number of benzene rings is 2. The molecule has 0 fully saturated rings. The van der Waals surface area contributed by atoms with Gasteiger partial charge < -0.3 is 15.4 Å². The minimum atomic E-state index is -0.445. The molecule has 0 bridgehead atoms. The van der Waals surface area contributed by atoms with Gasteiger partial charge in [0.2, 0.25) is 0 Å². The second-order valence-corrected chi connectivity index (χ2v) is 5.41. The Hall–Kier alpha value is -3.09. The molecule has 0 atom stereocenters. The van der Waals surface area contributed by atoms with Crippen molar-refractivity contribution in [2.24, 2.45) is 0 Å². The maximum absolute atomic E-state index is 11.7. The number of urea groups is 1. The number of hydrogen-bond donors (Lipinski definition) is 2. The summed E-state index contributed by atoms with van der Waals surface area (Å²) in [7, 11) is 0. The van der Waals surface area contributed by atoms with Crippen molar-refractivity contribution in [2.75, 3.05) is 18.5 Å². The van der Waals surface area contributed by atoms with Crippen LogP contribution in [0.25, 0.3) is 0 Å². The summed E-state index contributed by atoms with van der Waals surface area (Å²) in [6.45, 7) is 1.06. The van der Waals surface area contributed by atoms with Crippen molar-refractivity contribution in [1.82, 2.24) is 5.32 Å². The lowest BCUT2D eigenvalue weighted by Gasteiger charge is -2.08. The summed E-state index contributed by atoms with van der Waals surface area (Å²) in [4.78, 5) is 21.9. The Morgan fingerprint density at radius 1 is 1.04 bits per heavy atom. The number of nitrogens with zero attached hydrogens (tertiary/aromatic N) is 1. The van der Waals surface area contributed by atoms with Gasteiger partial charge in [-0.1, -0.05) is 24.3 Å². The fourth-order valence-electron chi connectivity index (χ4n) is 2.18. The van der Waals surface area contributed by atoms with Crippen LogP contribution in [-0.4, -0.2) is 24.1 Å². The topological polar surface area (TPSA) is 93.5 Å². The summed E-state index contributed by atoms with van der Waals surface area (Å²) in [5.74, 6) is 0.495. The lowest BCUT2D eigenvalue weighted by atomic mass is 10.2. The van der Waals surface area contributed by atoms with Gasteiger partial charge in [-0.15, -0.1) is 0 Å². The summed E-state index contributed by atoms with van der Waals surface area (Å²) < 4.78 is 5.50. The molecule has 2 rings (SSSR count). The molecule has 0 saturated heterocycles. The van der Waals surface area contributed by atoms with Crippen LogP contribution in [0, 0.1) is 10.1 Å². The Balaban J connectivity index is 1.54. The zero-order valence-electron chi connectivity index (χ0n) is 13.8. The number of rotatable bonds is 9. The van der Waals surface area contributed by atoms with Crippen molar-refractivity contribution in [3.63, 3.8) is 0 Å². The van der Waals surface area contributed by atoms with Crippen LogP contribution < -0.4 is 15.4 Å². The lowest BCUT2D eigenvalue weighted by Crippen LogP contribution is -2.29. The largest absolute Gasteiger partial charge is 0.493 e. The highest BCUT2D eigenvalue weighted by Crippen LogP contribution is 2.19. The zero-order valence-corrected chi connectivity index (χ0v) is 13.8. The predicted molar refractivity (Wildman–Crippen MR) is 95.9 cm³/mol. The van der Waals surface area contributed by atoms with Crippen LogP contribution in [0.3, 0.4) is 0 Å². The number of carbonyl (C=O) groups is 1. The van der Waals surface area contributed by atoms with Gasteiger partial charge in [0.05, 0.1) is 17.6 Å². The number of amides is 2. The van der Waals surface area contributed by atoms with Crippen LogP contribution >= 0.6 is 0 Å². The molecule has 2 N–H and O–H groups in total. The highest BCUT2D eigenvalue weighted by Gasteiger charge is 2.06. The van der Waals surface area contributed by atoms with Gasteiger partial charge in [-0.05, 0) is 37.5 Å². The minimum Gasteiger partial charge on any atom is -0.493 e. The molecule has 7 nitrogen and oxygen atoms in total. The Labute approximate surface area is 146 Å². The van der Waals surface area contributed by atoms with E-state index in [0.717, 1.165) is 24.9 Å². The second kappa shape index (κ2) is 9.92. The molecular formula is C18H21N3O4. The van der Waals surface area contributed by atoms with Gasteiger partial charge in [-0.25, -0.2) is 4.79 Å². The molecule has 2 amide bonds. The monoisotopic (exact) mass is 343 g/mol. The molecule has 0 unspecified atom stereocenters. The van der Waals surface area contributed by atoms with E-state index < -0.39 is 4.92 Å². The van der Waals surface area contributed by atoms with E-state index in [1.165, 1.54) is 12.1 Å². The Morgan fingerprint density at radius 2 is 1.84 bits per heavy atom. The van der Waals surface area contributed by atoms with E-state index in [4.69, 9.17) is 4.74 Å². The number of anilines is 1. The number of nitrogens with one attached hydrogen (secondary N) is 2. The first kappa shape index (κ1) is 18.3. The Kier molecular flexibility index (Phi) is 7.24. The van der Waals surface area contributed by atoms with Crippen molar-refractivity contribution in [1.29, 1.82) is 0 Å². The molecule has 0 aromatic heterocycles. The van der Waals surface area contributed by atoms with E-state index in [2.05, 4.69) is 10.6 Å². The summed E-state index contributed by atoms with van der Waals surface area (Å²) in [6.07, 6.45) is 2.53. The Bertz CT molecular complexity index is 692. The summed E-state index contributed by atoms with van der Waals surface area (Å²) in [5, 5.41) is 16.2. The highest BCUT2D eigenvalue weighted by molar-refractivity contribution is 5.89. The van der Waals surface area contributed by atoms with E-state index >= 15 is 0 Å². The molecule has 0 aliphatic carbocycles. The van der Waals surface area contributed by atoms with Crippen molar-refractivity contribution in [3.05, 3.63) is 64.7 Å². The van der Waals surface area contributed by atoms with Gasteiger partial charge in [-0.2, -0.15) is 0 Å². The van der Waals surface area contributed by atoms with E-state index in [1.54, 1.807) is 12.1 Å². The molecule has 0 saturated carbocycles. The molecule has 0 spiro atoms. The summed E-state index contributed by atoms with van der Waals surface area (Å²) in [5.41, 5.74) is 0.775. The molecule has 0 aliphatic heterocycles. The van der Waals surface area contributed by atoms with Crippen LogP contribution in [0.4, 0.5) is 16.2 Å². The third kappa shape index (κ3) is 6.90. The van der Waals surface area contributed by atoms with Gasteiger partial charge in [0.15, 0.2) is 0 Å². The van der Waals surface area contributed by atoms with Gasteiger partial charge in [0.25, 0.3) is 5.69 Å². The highest BCUT2D eigenvalue weighted by atomic mass is 16.6. The van der Waals surface area contributed by atoms with Crippen molar-refractivity contribution in [3.8, 4) is 5.75 Å².